The average molecular weight is 524 g/mol. The molecule has 4 heteroatoms. The smallest absolute Gasteiger partial charge is 0.127 e. The highest BCUT2D eigenvalue weighted by Crippen LogP contribution is 2.45. The molecular weight excluding hydrogens is 492 g/mol. The summed E-state index contributed by atoms with van der Waals surface area (Å²) in [6.07, 6.45) is 0. The van der Waals surface area contributed by atoms with Gasteiger partial charge in [-0.1, -0.05) is 90.1 Å². The molecule has 0 aromatic heterocycles. The van der Waals surface area contributed by atoms with E-state index >= 15 is 0 Å². The predicted molar refractivity (Wildman–Crippen MR) is 146 cm³/mol. The highest BCUT2D eigenvalue weighted by atomic mass is 79.9. The van der Waals surface area contributed by atoms with Gasteiger partial charge in [0.05, 0.1) is 12.0 Å². The Labute approximate surface area is 207 Å². The van der Waals surface area contributed by atoms with E-state index in [9.17, 15) is 4.21 Å². The Morgan fingerprint density at radius 3 is 1.64 bits per heavy atom. The predicted octanol–water partition coefficient (Wildman–Crippen LogP) is 8.68. The first-order chi connectivity index (χ1) is 15.4. The van der Waals surface area contributed by atoms with Gasteiger partial charge in [-0.25, -0.2) is 4.21 Å². The summed E-state index contributed by atoms with van der Waals surface area (Å²) in [6.45, 7) is 13.3. The minimum Gasteiger partial charge on any atom is -0.496 e. The summed E-state index contributed by atoms with van der Waals surface area (Å²) >= 11 is 3.34. The van der Waals surface area contributed by atoms with Crippen molar-refractivity contribution < 1.29 is 8.95 Å². The molecule has 33 heavy (non-hydrogen) atoms. The number of hydrogen-bond acceptors (Lipinski definition) is 2. The van der Waals surface area contributed by atoms with Crippen molar-refractivity contribution in [3.05, 3.63) is 71.8 Å². The second kappa shape index (κ2) is 8.56. The van der Waals surface area contributed by atoms with E-state index in [4.69, 9.17) is 4.74 Å². The lowest BCUT2D eigenvalue weighted by Crippen LogP contribution is -2.11. The van der Waals surface area contributed by atoms with Crippen LogP contribution in [0.3, 0.4) is 0 Å². The first-order valence-corrected chi connectivity index (χ1v) is 14.2. The molecule has 1 atom stereocenters. The Morgan fingerprint density at radius 2 is 1.18 bits per heavy atom. The monoisotopic (exact) mass is 522 g/mol. The summed E-state index contributed by atoms with van der Waals surface area (Å²) in [4.78, 5) is 0.747. The molecule has 0 aliphatic carbocycles. The third-order valence-corrected chi connectivity index (χ3v) is 8.07. The topological polar surface area (TPSA) is 26.3 Å². The van der Waals surface area contributed by atoms with Gasteiger partial charge in [0.1, 0.15) is 15.0 Å². The van der Waals surface area contributed by atoms with Crippen molar-refractivity contribution in [3.8, 4) is 16.9 Å². The third-order valence-electron chi connectivity index (χ3n) is 6.34. The van der Waals surface area contributed by atoms with Crippen LogP contribution in [0.2, 0.25) is 0 Å². The quantitative estimate of drug-likeness (QED) is 0.251. The minimum atomic E-state index is -1.33. The van der Waals surface area contributed by atoms with Crippen LogP contribution in [-0.4, -0.2) is 11.3 Å². The van der Waals surface area contributed by atoms with Crippen LogP contribution < -0.4 is 4.74 Å². The molecular formula is C29H31BrO2S. The van der Waals surface area contributed by atoms with E-state index < -0.39 is 9.23 Å². The van der Waals surface area contributed by atoms with E-state index in [2.05, 4.69) is 105 Å². The van der Waals surface area contributed by atoms with Gasteiger partial charge >= 0.3 is 0 Å². The standard InChI is InChI=1S/C29H31BrO2S/c1-28(2,3)20-10-12-22-18(16-20)8-14-24(32-7)26(22)27-23-13-11-21(29(4,5)6)17-19(23)9-15-25(27)33(30)31/h8-17H,1-7H3. The molecule has 0 bridgehead atoms. The molecule has 0 aliphatic heterocycles. The zero-order valence-corrected chi connectivity index (χ0v) is 22.8. The lowest BCUT2D eigenvalue weighted by atomic mass is 9.83. The van der Waals surface area contributed by atoms with Crippen molar-refractivity contribution in [2.75, 3.05) is 7.11 Å². The van der Waals surface area contributed by atoms with Crippen LogP contribution in [0.15, 0.2) is 65.6 Å². The van der Waals surface area contributed by atoms with Crippen LogP contribution in [0.5, 0.6) is 5.75 Å². The highest BCUT2D eigenvalue weighted by Gasteiger charge is 2.22. The number of ether oxygens (including phenoxy) is 1. The zero-order valence-electron chi connectivity index (χ0n) is 20.4. The SMILES string of the molecule is COc1ccc2cc(C(C)(C)C)ccc2c1-c1c(S(=O)Br)ccc2cc(C(C)(C)C)ccc12. The average Bonchev–Trinajstić information content (AvgIpc) is 2.75. The number of hydrogen-bond donors (Lipinski definition) is 0. The van der Waals surface area contributed by atoms with Gasteiger partial charge in [-0.3, -0.25) is 0 Å². The largest absolute Gasteiger partial charge is 0.496 e. The molecule has 2 nitrogen and oxygen atoms in total. The second-order valence-electron chi connectivity index (χ2n) is 10.7. The van der Waals surface area contributed by atoms with Gasteiger partial charge in [-0.05, 0) is 55.6 Å². The molecule has 0 aliphatic rings. The van der Waals surface area contributed by atoms with Crippen molar-refractivity contribution in [2.24, 2.45) is 0 Å². The molecule has 0 spiro atoms. The summed E-state index contributed by atoms with van der Waals surface area (Å²) in [5.74, 6) is 0.776. The number of halogens is 1. The molecule has 0 amide bonds. The van der Waals surface area contributed by atoms with Crippen LogP contribution in [0, 0.1) is 0 Å². The minimum absolute atomic E-state index is 0.0474. The third kappa shape index (κ3) is 4.48. The molecule has 1 unspecified atom stereocenters. The second-order valence-corrected chi connectivity index (χ2v) is 13.3. The fourth-order valence-corrected chi connectivity index (χ4v) is 5.73. The Morgan fingerprint density at radius 1 is 0.697 bits per heavy atom. The van der Waals surface area contributed by atoms with Crippen LogP contribution in [-0.2, 0) is 20.1 Å². The lowest BCUT2D eigenvalue weighted by molar-refractivity contribution is 0.417. The van der Waals surface area contributed by atoms with Crippen molar-refractivity contribution in [1.82, 2.24) is 0 Å². The molecule has 0 N–H and O–H groups in total. The molecule has 0 saturated carbocycles. The molecule has 4 aromatic carbocycles. The van der Waals surface area contributed by atoms with Crippen molar-refractivity contribution >= 4 is 45.6 Å². The summed E-state index contributed by atoms with van der Waals surface area (Å²) in [5, 5.41) is 4.44. The van der Waals surface area contributed by atoms with Crippen molar-refractivity contribution in [2.45, 2.75) is 57.3 Å². The molecule has 0 heterocycles. The summed E-state index contributed by atoms with van der Waals surface area (Å²) in [7, 11) is 0.362. The Balaban J connectivity index is 2.13. The molecule has 0 radical (unpaired) electrons. The number of methoxy groups -OCH3 is 1. The van der Waals surface area contributed by atoms with Crippen LogP contribution >= 0.6 is 14.8 Å². The Hall–Kier alpha value is -2.17. The molecule has 4 aromatic rings. The van der Waals surface area contributed by atoms with Gasteiger partial charge in [0.15, 0.2) is 0 Å². The molecule has 0 fully saturated rings. The lowest BCUT2D eigenvalue weighted by Gasteiger charge is -2.22. The van der Waals surface area contributed by atoms with E-state index in [1.165, 1.54) is 11.1 Å². The maximum absolute atomic E-state index is 12.8. The zero-order chi connectivity index (χ0) is 24.1. The first-order valence-electron chi connectivity index (χ1n) is 11.2. The normalized spacial score (nSPS) is 13.5. The fraction of sp³-hybridized carbons (Fsp3) is 0.310. The first kappa shape index (κ1) is 24.0. The highest BCUT2D eigenvalue weighted by molar-refractivity contribution is 9.46. The molecule has 0 saturated heterocycles. The van der Waals surface area contributed by atoms with E-state index in [-0.39, 0.29) is 10.8 Å². The molecule has 172 valence electrons. The van der Waals surface area contributed by atoms with Gasteiger partial charge in [-0.15, -0.1) is 0 Å². The Kier molecular flexibility index (Phi) is 6.22. The van der Waals surface area contributed by atoms with Gasteiger partial charge < -0.3 is 4.74 Å². The maximum atomic E-state index is 12.8. The summed E-state index contributed by atoms with van der Waals surface area (Å²) in [6, 6.07) is 21.4. The van der Waals surface area contributed by atoms with Gasteiger partial charge in [0.2, 0.25) is 0 Å². The Bertz CT molecular complexity index is 1390. The van der Waals surface area contributed by atoms with E-state index in [0.29, 0.717) is 0 Å². The van der Waals surface area contributed by atoms with Gasteiger partial charge in [0.25, 0.3) is 0 Å². The van der Waals surface area contributed by atoms with Gasteiger partial charge in [0, 0.05) is 25.9 Å². The summed E-state index contributed by atoms with van der Waals surface area (Å²) < 4.78 is 18.7. The van der Waals surface area contributed by atoms with E-state index in [0.717, 1.165) is 43.3 Å². The number of benzene rings is 4. The van der Waals surface area contributed by atoms with E-state index in [1.54, 1.807) is 7.11 Å². The number of rotatable bonds is 3. The maximum Gasteiger partial charge on any atom is 0.127 e. The summed E-state index contributed by atoms with van der Waals surface area (Å²) in [5.41, 5.74) is 4.59. The number of fused-ring (bicyclic) bond motifs is 2. The fourth-order valence-electron chi connectivity index (χ4n) is 4.37. The van der Waals surface area contributed by atoms with Crippen molar-refractivity contribution in [3.63, 3.8) is 0 Å². The van der Waals surface area contributed by atoms with Crippen molar-refractivity contribution in [1.29, 1.82) is 0 Å². The van der Waals surface area contributed by atoms with Crippen LogP contribution in [0.25, 0.3) is 32.7 Å². The van der Waals surface area contributed by atoms with E-state index in [1.807, 2.05) is 12.1 Å². The van der Waals surface area contributed by atoms with Crippen LogP contribution in [0.4, 0.5) is 0 Å². The van der Waals surface area contributed by atoms with Crippen LogP contribution in [0.1, 0.15) is 52.7 Å². The van der Waals surface area contributed by atoms with Gasteiger partial charge in [-0.2, -0.15) is 0 Å². The molecule has 4 rings (SSSR count).